The lowest BCUT2D eigenvalue weighted by atomic mass is 9.94. The minimum absolute atomic E-state index is 0.352. The summed E-state index contributed by atoms with van der Waals surface area (Å²) in [7, 11) is -2.48. The molecule has 14 rings (SSSR count). The number of anilines is 6. The van der Waals surface area contributed by atoms with Crippen LogP contribution >= 0.6 is 0 Å². The highest BCUT2D eigenvalue weighted by atomic mass is 28.3. The molecule has 0 saturated carbocycles. The third-order valence-corrected chi connectivity index (χ3v) is 19.7. The average Bonchev–Trinajstić information content (AvgIpc) is 4.20. The third kappa shape index (κ3) is 8.81. The van der Waals surface area contributed by atoms with E-state index in [1.165, 1.54) is 10.4 Å². The van der Waals surface area contributed by atoms with Crippen LogP contribution in [-0.4, -0.2) is 8.07 Å². The Kier molecular flexibility index (Phi) is 12.7. The van der Waals surface area contributed by atoms with Gasteiger partial charge in [-0.05, 0) is 116 Å². The van der Waals surface area contributed by atoms with Gasteiger partial charge in [-0.3, -0.25) is 0 Å². The van der Waals surface area contributed by atoms with Crippen molar-refractivity contribution in [2.45, 2.75) is 13.1 Å². The van der Waals surface area contributed by atoms with Crippen molar-refractivity contribution in [3.63, 3.8) is 0 Å². The first-order chi connectivity index (χ1) is 40.3. The van der Waals surface area contributed by atoms with Crippen molar-refractivity contribution in [3.05, 3.63) is 303 Å². The van der Waals surface area contributed by atoms with E-state index in [-0.39, 0.29) is 11.6 Å². The number of hydrogen-bond donors (Lipinski definition) is 0. The van der Waals surface area contributed by atoms with Crippen LogP contribution in [0.4, 0.5) is 42.9 Å². The molecule has 13 aromatic rings. The summed E-state index contributed by atoms with van der Waals surface area (Å²) < 4.78 is 43.3. The molecule has 0 amide bonds. The fourth-order valence-electron chi connectivity index (χ4n) is 12.3. The second kappa shape index (κ2) is 20.8. The van der Waals surface area contributed by atoms with Crippen LogP contribution in [0.3, 0.4) is 0 Å². The van der Waals surface area contributed by atoms with Crippen LogP contribution in [0.25, 0.3) is 89.1 Å². The zero-order valence-electron chi connectivity index (χ0n) is 45.3. The molecule has 0 radical (unpaired) electrons. The van der Waals surface area contributed by atoms with Gasteiger partial charge in [-0.1, -0.05) is 238 Å². The summed E-state index contributed by atoms with van der Waals surface area (Å²) in [6.07, 6.45) is 0. The first kappa shape index (κ1) is 50.1. The maximum Gasteiger partial charge on any atom is 0.148 e. The maximum absolute atomic E-state index is 18.0. The summed E-state index contributed by atoms with van der Waals surface area (Å²) >= 11 is 0. The Balaban J connectivity index is 0.979. The second-order valence-corrected chi connectivity index (χ2v) is 25.7. The Morgan fingerprint density at radius 1 is 0.317 bits per heavy atom. The number of nitrogens with zero attached hydrogens (tertiary/aromatic N) is 2. The molecule has 0 aliphatic carbocycles. The number of para-hydroxylation sites is 2. The van der Waals surface area contributed by atoms with Crippen molar-refractivity contribution in [1.29, 1.82) is 0 Å². The Labute approximate surface area is 477 Å². The van der Waals surface area contributed by atoms with E-state index < -0.39 is 8.07 Å². The number of rotatable bonds is 12. The van der Waals surface area contributed by atoms with Gasteiger partial charge in [0.25, 0.3) is 0 Å². The van der Waals surface area contributed by atoms with E-state index in [0.717, 1.165) is 106 Å². The molecule has 3 nitrogen and oxygen atoms in total. The van der Waals surface area contributed by atoms with Gasteiger partial charge >= 0.3 is 0 Å². The SMILES string of the molecule is C[Si]1(C)c2ccc(N(c3ccccc3-c3ccccc3)c3c(F)cc(-c4ccccc4)cc3-c3ccccc3)cc2-c2oc3cc(N(c4ccccc4-c4ccccc4)c4c(F)cc(-c5ccccc5)cc4-c4ccccc4)ccc3c21. The first-order valence-corrected chi connectivity index (χ1v) is 30.8. The van der Waals surface area contributed by atoms with E-state index in [1.807, 2.05) is 170 Å². The summed E-state index contributed by atoms with van der Waals surface area (Å²) in [5.74, 6) is 0.0926. The highest BCUT2D eigenvalue weighted by Gasteiger charge is 2.43. The summed E-state index contributed by atoms with van der Waals surface area (Å²) in [5.41, 5.74) is 16.4. The fraction of sp³-hybridized carbons (Fsp3) is 0.0263. The zero-order valence-corrected chi connectivity index (χ0v) is 46.3. The molecule has 12 aromatic carbocycles. The van der Waals surface area contributed by atoms with E-state index >= 15 is 8.78 Å². The number of halogens is 2. The van der Waals surface area contributed by atoms with Crippen LogP contribution in [0.1, 0.15) is 0 Å². The van der Waals surface area contributed by atoms with E-state index in [1.54, 1.807) is 12.1 Å². The van der Waals surface area contributed by atoms with Crippen LogP contribution in [0.15, 0.2) is 296 Å². The number of furan rings is 1. The van der Waals surface area contributed by atoms with Crippen LogP contribution in [0.5, 0.6) is 0 Å². The van der Waals surface area contributed by atoms with Crippen molar-refractivity contribution < 1.29 is 13.2 Å². The highest BCUT2D eigenvalue weighted by molar-refractivity contribution is 7.05. The van der Waals surface area contributed by atoms with E-state index in [9.17, 15) is 0 Å². The Morgan fingerprint density at radius 3 is 1.12 bits per heavy atom. The monoisotopic (exact) mass is 1080 g/mol. The molecule has 1 aromatic heterocycles. The van der Waals surface area contributed by atoms with Gasteiger partial charge in [0.2, 0.25) is 0 Å². The van der Waals surface area contributed by atoms with Gasteiger partial charge in [0.05, 0.1) is 28.4 Å². The Bertz CT molecular complexity index is 4490. The predicted octanol–water partition coefficient (Wildman–Crippen LogP) is 20.5. The molecule has 2 heterocycles. The van der Waals surface area contributed by atoms with Crippen LogP contribution in [-0.2, 0) is 0 Å². The van der Waals surface area contributed by atoms with Gasteiger partial charge in [0.1, 0.15) is 31.1 Å². The smallest absolute Gasteiger partial charge is 0.148 e. The standard InChI is InChI=1S/C76H54F2N2OSi/c1-82(2)72-44-42-59(79(69-39-23-21-37-61(69)53-29-13-5-14-30-53)73-64(55-33-17-7-18-34-55)45-57(47-67(73)77)51-25-9-3-10-26-51)49-66(72)75-76(82)63-43-41-60(50-71(63)81-75)80(70-40-24-22-38-62(70)54-31-15-6-16-32-54)74-65(56-35-19-8-20-36-56)46-58(48-68(74)78)52-27-11-4-12-28-52/h3-50H,1-2H3. The molecule has 0 saturated heterocycles. The zero-order chi connectivity index (χ0) is 55.3. The molecule has 6 heteroatoms. The molecule has 0 bridgehead atoms. The highest BCUT2D eigenvalue weighted by Crippen LogP contribution is 2.51. The molecule has 392 valence electrons. The van der Waals surface area contributed by atoms with Gasteiger partial charge < -0.3 is 14.2 Å². The number of fused-ring (bicyclic) bond motifs is 5. The summed E-state index contributed by atoms with van der Waals surface area (Å²) in [6, 6.07) is 97.8. The van der Waals surface area contributed by atoms with E-state index in [0.29, 0.717) is 17.0 Å². The summed E-state index contributed by atoms with van der Waals surface area (Å²) in [6.45, 7) is 4.77. The minimum Gasteiger partial charge on any atom is -0.456 e. The third-order valence-electron chi connectivity index (χ3n) is 16.2. The van der Waals surface area contributed by atoms with Crippen molar-refractivity contribution in [1.82, 2.24) is 0 Å². The second-order valence-electron chi connectivity index (χ2n) is 21.5. The quantitative estimate of drug-likeness (QED) is 0.114. The lowest BCUT2D eigenvalue weighted by Gasteiger charge is -2.31. The molecule has 0 atom stereocenters. The van der Waals surface area contributed by atoms with Crippen LogP contribution in [0, 0.1) is 11.6 Å². The largest absolute Gasteiger partial charge is 0.456 e. The Morgan fingerprint density at radius 2 is 0.683 bits per heavy atom. The molecule has 0 unspecified atom stereocenters. The van der Waals surface area contributed by atoms with Crippen molar-refractivity contribution in [2.75, 3.05) is 9.80 Å². The molecule has 0 N–H and O–H groups in total. The number of benzene rings is 12. The molecular weight excluding hydrogens is 1020 g/mol. The van der Waals surface area contributed by atoms with Gasteiger partial charge in [0.15, 0.2) is 0 Å². The molecule has 0 fully saturated rings. The lowest BCUT2D eigenvalue weighted by molar-refractivity contribution is 0.628. The van der Waals surface area contributed by atoms with Crippen molar-refractivity contribution in [2.24, 2.45) is 0 Å². The molecule has 1 aliphatic heterocycles. The van der Waals surface area contributed by atoms with Gasteiger partial charge in [-0.25, -0.2) is 8.78 Å². The topological polar surface area (TPSA) is 19.6 Å². The van der Waals surface area contributed by atoms with Crippen molar-refractivity contribution >= 4 is 63.5 Å². The predicted molar refractivity (Wildman–Crippen MR) is 340 cm³/mol. The van der Waals surface area contributed by atoms with Gasteiger partial charge in [-0.2, -0.15) is 0 Å². The molecular formula is C76H54F2N2OSi. The van der Waals surface area contributed by atoms with E-state index in [4.69, 9.17) is 4.42 Å². The maximum atomic E-state index is 18.0. The molecule has 0 spiro atoms. The molecule has 1 aliphatic rings. The summed E-state index contributed by atoms with van der Waals surface area (Å²) in [4.78, 5) is 4.17. The average molecular weight is 1080 g/mol. The minimum atomic E-state index is -2.48. The lowest BCUT2D eigenvalue weighted by Crippen LogP contribution is -2.49. The summed E-state index contributed by atoms with van der Waals surface area (Å²) in [5, 5.41) is 3.45. The first-order valence-electron chi connectivity index (χ1n) is 27.8. The number of hydrogen-bond acceptors (Lipinski definition) is 3. The van der Waals surface area contributed by atoms with Crippen LogP contribution < -0.4 is 20.2 Å². The van der Waals surface area contributed by atoms with E-state index in [2.05, 4.69) is 132 Å². The van der Waals surface area contributed by atoms with Crippen LogP contribution in [0.2, 0.25) is 13.1 Å². The molecule has 82 heavy (non-hydrogen) atoms. The fourth-order valence-corrected chi connectivity index (χ4v) is 15.6. The normalized spacial score (nSPS) is 12.2. The van der Waals surface area contributed by atoms with Gasteiger partial charge in [-0.15, -0.1) is 0 Å². The van der Waals surface area contributed by atoms with Gasteiger partial charge in [0, 0.05) is 45.0 Å². The Hall–Kier alpha value is -10.1. The van der Waals surface area contributed by atoms with Crippen molar-refractivity contribution in [3.8, 4) is 78.1 Å².